The monoisotopic (exact) mass is 398 g/mol. The van der Waals surface area contributed by atoms with Crippen LogP contribution in [-0.2, 0) is 11.3 Å². The van der Waals surface area contributed by atoms with Crippen molar-refractivity contribution >= 4 is 5.91 Å². The van der Waals surface area contributed by atoms with Crippen LogP contribution < -0.4 is 0 Å². The topological polar surface area (TPSA) is 39.7 Å². The Kier molecular flexibility index (Phi) is 7.55. The van der Waals surface area contributed by atoms with Crippen LogP contribution in [-0.4, -0.2) is 70.9 Å². The number of carbonyl (C=O) groups is 1. The number of likely N-dealkylation sites (tertiary alicyclic amines) is 3. The molecule has 0 radical (unpaired) electrons. The molecule has 3 aliphatic heterocycles. The van der Waals surface area contributed by atoms with Crippen LogP contribution in [0.2, 0.25) is 0 Å². The van der Waals surface area contributed by atoms with Gasteiger partial charge in [-0.25, -0.2) is 0 Å². The molecule has 0 saturated carbocycles. The van der Waals surface area contributed by atoms with E-state index >= 15 is 0 Å². The quantitative estimate of drug-likeness (QED) is 0.778. The number of carbonyl (C=O) groups excluding carboxylic acids is 1. The predicted octanol–water partition coefficient (Wildman–Crippen LogP) is 3.55. The molecule has 1 aromatic rings. The zero-order valence-electron chi connectivity index (χ0n) is 18.0. The lowest BCUT2D eigenvalue weighted by Gasteiger charge is -2.43. The highest BCUT2D eigenvalue weighted by molar-refractivity contribution is 5.79. The van der Waals surface area contributed by atoms with Crippen molar-refractivity contribution in [3.8, 4) is 0 Å². The summed E-state index contributed by atoms with van der Waals surface area (Å²) in [5, 5.41) is 0. The lowest BCUT2D eigenvalue weighted by Crippen LogP contribution is -2.51. The van der Waals surface area contributed by atoms with E-state index in [0.29, 0.717) is 11.9 Å². The lowest BCUT2D eigenvalue weighted by molar-refractivity contribution is -0.138. The Bertz CT molecular complexity index is 621. The van der Waals surface area contributed by atoms with Gasteiger partial charge in [-0.3, -0.25) is 19.6 Å². The number of nitrogens with zero attached hydrogens (tertiary/aromatic N) is 4. The second kappa shape index (κ2) is 10.5. The maximum Gasteiger partial charge on any atom is 0.226 e. The highest BCUT2D eigenvalue weighted by Gasteiger charge is 2.33. The standard InChI is InChI=1S/C24H38N4O/c29-24(27-13-4-2-1-3-5-14-27)22-9-7-15-28(20-22)23-10-16-26(17-11-23)19-21-8-6-12-25-18-21/h6,8,12,18,22-23H,1-5,7,9-11,13-17,19-20H2/t22-/m1/s1. The number of hydrogen-bond acceptors (Lipinski definition) is 4. The van der Waals surface area contributed by atoms with Crippen LogP contribution in [0.15, 0.2) is 24.5 Å². The van der Waals surface area contributed by atoms with Crippen molar-refractivity contribution in [1.29, 1.82) is 0 Å². The Labute approximate surface area is 176 Å². The van der Waals surface area contributed by atoms with E-state index in [4.69, 9.17) is 0 Å². The van der Waals surface area contributed by atoms with Gasteiger partial charge in [0.2, 0.25) is 5.91 Å². The van der Waals surface area contributed by atoms with Crippen LogP contribution in [0.5, 0.6) is 0 Å². The van der Waals surface area contributed by atoms with Gasteiger partial charge in [0.25, 0.3) is 0 Å². The van der Waals surface area contributed by atoms with Crippen molar-refractivity contribution in [1.82, 2.24) is 19.7 Å². The lowest BCUT2D eigenvalue weighted by atomic mass is 9.92. The minimum Gasteiger partial charge on any atom is -0.342 e. The Hall–Kier alpha value is -1.46. The molecule has 0 spiro atoms. The van der Waals surface area contributed by atoms with E-state index < -0.39 is 0 Å². The van der Waals surface area contributed by atoms with E-state index in [1.807, 2.05) is 18.5 Å². The molecule has 29 heavy (non-hydrogen) atoms. The Morgan fingerprint density at radius 2 is 1.69 bits per heavy atom. The first-order chi connectivity index (χ1) is 14.3. The maximum atomic E-state index is 13.2. The third kappa shape index (κ3) is 5.79. The molecule has 3 fully saturated rings. The van der Waals surface area contributed by atoms with Crippen molar-refractivity contribution in [2.24, 2.45) is 5.92 Å². The van der Waals surface area contributed by atoms with Crippen molar-refractivity contribution in [3.05, 3.63) is 30.1 Å². The van der Waals surface area contributed by atoms with Crippen LogP contribution in [0.3, 0.4) is 0 Å². The number of hydrogen-bond donors (Lipinski definition) is 0. The van der Waals surface area contributed by atoms with E-state index in [2.05, 4.69) is 25.8 Å². The molecule has 3 aliphatic rings. The fraction of sp³-hybridized carbons (Fsp3) is 0.750. The van der Waals surface area contributed by atoms with E-state index in [0.717, 1.165) is 45.7 Å². The molecule has 1 atom stereocenters. The summed E-state index contributed by atoms with van der Waals surface area (Å²) in [4.78, 5) is 24.8. The molecule has 1 aromatic heterocycles. The van der Waals surface area contributed by atoms with Crippen LogP contribution in [0.1, 0.15) is 63.4 Å². The minimum atomic E-state index is 0.233. The summed E-state index contributed by atoms with van der Waals surface area (Å²) in [5.74, 6) is 0.683. The van der Waals surface area contributed by atoms with E-state index in [9.17, 15) is 4.79 Å². The van der Waals surface area contributed by atoms with Gasteiger partial charge in [-0.2, -0.15) is 0 Å². The van der Waals surface area contributed by atoms with Gasteiger partial charge in [-0.15, -0.1) is 0 Å². The Morgan fingerprint density at radius 1 is 0.931 bits per heavy atom. The van der Waals surface area contributed by atoms with Crippen LogP contribution in [0, 0.1) is 5.92 Å². The highest BCUT2D eigenvalue weighted by atomic mass is 16.2. The SMILES string of the molecule is O=C([C@@H]1CCCN(C2CCN(Cc3cccnc3)CC2)C1)N1CCCCCCC1. The highest BCUT2D eigenvalue weighted by Crippen LogP contribution is 2.26. The summed E-state index contributed by atoms with van der Waals surface area (Å²) in [6, 6.07) is 4.85. The molecule has 0 aromatic carbocycles. The van der Waals surface area contributed by atoms with Gasteiger partial charge in [0, 0.05) is 44.6 Å². The molecule has 0 aliphatic carbocycles. The number of aromatic nitrogens is 1. The normalized spacial score (nSPS) is 26.1. The Balaban J connectivity index is 1.26. The summed E-state index contributed by atoms with van der Waals surface area (Å²) in [5.41, 5.74) is 1.31. The van der Waals surface area contributed by atoms with Gasteiger partial charge in [-0.1, -0.05) is 25.3 Å². The van der Waals surface area contributed by atoms with Gasteiger partial charge in [0.15, 0.2) is 0 Å². The zero-order valence-corrected chi connectivity index (χ0v) is 18.0. The van der Waals surface area contributed by atoms with Crippen molar-refractivity contribution in [2.45, 2.75) is 70.4 Å². The average molecular weight is 399 g/mol. The summed E-state index contributed by atoms with van der Waals surface area (Å²) in [6.45, 7) is 7.46. The smallest absolute Gasteiger partial charge is 0.226 e. The molecule has 0 unspecified atom stereocenters. The second-order valence-electron chi connectivity index (χ2n) is 9.30. The van der Waals surface area contributed by atoms with Gasteiger partial charge in [0.05, 0.1) is 5.92 Å². The predicted molar refractivity (Wildman–Crippen MR) is 116 cm³/mol. The summed E-state index contributed by atoms with van der Waals surface area (Å²) >= 11 is 0. The van der Waals surface area contributed by atoms with E-state index in [1.165, 1.54) is 63.5 Å². The van der Waals surface area contributed by atoms with E-state index in [1.54, 1.807) is 0 Å². The van der Waals surface area contributed by atoms with Crippen molar-refractivity contribution in [2.75, 3.05) is 39.3 Å². The molecule has 0 bridgehead atoms. The third-order valence-electron chi connectivity index (χ3n) is 7.17. The average Bonchev–Trinajstić information content (AvgIpc) is 2.75. The number of rotatable bonds is 4. The summed E-state index contributed by atoms with van der Waals surface area (Å²) < 4.78 is 0. The molecule has 4 rings (SSSR count). The van der Waals surface area contributed by atoms with Crippen LogP contribution >= 0.6 is 0 Å². The van der Waals surface area contributed by atoms with Crippen LogP contribution in [0.4, 0.5) is 0 Å². The van der Waals surface area contributed by atoms with Gasteiger partial charge < -0.3 is 4.90 Å². The third-order valence-corrected chi connectivity index (χ3v) is 7.17. The molecule has 160 valence electrons. The molecule has 3 saturated heterocycles. The number of pyridine rings is 1. The largest absolute Gasteiger partial charge is 0.342 e. The molecule has 5 heteroatoms. The molecule has 0 N–H and O–H groups in total. The maximum absolute atomic E-state index is 13.2. The zero-order chi connectivity index (χ0) is 19.9. The summed E-state index contributed by atoms with van der Waals surface area (Å²) in [7, 11) is 0. The Morgan fingerprint density at radius 3 is 2.41 bits per heavy atom. The van der Waals surface area contributed by atoms with Crippen LogP contribution in [0.25, 0.3) is 0 Å². The molecule has 4 heterocycles. The number of amides is 1. The first kappa shape index (κ1) is 20.8. The second-order valence-corrected chi connectivity index (χ2v) is 9.30. The summed E-state index contributed by atoms with van der Waals surface area (Å²) in [6.07, 6.45) is 14.9. The van der Waals surface area contributed by atoms with E-state index in [-0.39, 0.29) is 5.92 Å². The molecular weight excluding hydrogens is 360 g/mol. The first-order valence-corrected chi connectivity index (χ1v) is 11.9. The fourth-order valence-corrected chi connectivity index (χ4v) is 5.46. The van der Waals surface area contributed by atoms with Gasteiger partial charge in [-0.05, 0) is 69.8 Å². The number of piperidine rings is 2. The van der Waals surface area contributed by atoms with Crippen molar-refractivity contribution in [3.63, 3.8) is 0 Å². The first-order valence-electron chi connectivity index (χ1n) is 11.9. The van der Waals surface area contributed by atoms with Gasteiger partial charge in [0.1, 0.15) is 0 Å². The molecular formula is C24H38N4O. The van der Waals surface area contributed by atoms with Crippen molar-refractivity contribution < 1.29 is 4.79 Å². The molecule has 5 nitrogen and oxygen atoms in total. The molecule has 1 amide bonds. The van der Waals surface area contributed by atoms with Gasteiger partial charge >= 0.3 is 0 Å². The fourth-order valence-electron chi connectivity index (χ4n) is 5.46. The minimum absolute atomic E-state index is 0.233.